The number of nitrogen functional groups attached to an aromatic ring is 1. The van der Waals surface area contributed by atoms with Crippen molar-refractivity contribution >= 4 is 28.5 Å². The van der Waals surface area contributed by atoms with E-state index in [-0.39, 0.29) is 5.95 Å². The van der Waals surface area contributed by atoms with E-state index in [1.165, 1.54) is 5.56 Å². The number of rotatable bonds is 6. The van der Waals surface area contributed by atoms with Crippen molar-refractivity contribution < 1.29 is 0 Å². The van der Waals surface area contributed by atoms with Crippen LogP contribution in [0.1, 0.15) is 5.56 Å². The Morgan fingerprint density at radius 3 is 2.70 bits per heavy atom. The van der Waals surface area contributed by atoms with Gasteiger partial charge in [-0.3, -0.25) is 5.10 Å². The zero-order valence-electron chi connectivity index (χ0n) is 15.0. The number of benzene rings is 2. The normalized spacial score (nSPS) is 10.9. The van der Waals surface area contributed by atoms with E-state index in [9.17, 15) is 0 Å². The summed E-state index contributed by atoms with van der Waals surface area (Å²) in [7, 11) is 1.85. The van der Waals surface area contributed by atoms with Crippen LogP contribution < -0.4 is 16.4 Å². The van der Waals surface area contributed by atoms with Crippen molar-refractivity contribution in [3.05, 3.63) is 60.2 Å². The Kier molecular flexibility index (Phi) is 4.57. The van der Waals surface area contributed by atoms with Gasteiger partial charge in [-0.05, 0) is 24.1 Å². The Bertz CT molecular complexity index is 1060. The number of fused-ring (bicyclic) bond motifs is 1. The summed E-state index contributed by atoms with van der Waals surface area (Å²) in [6.07, 6.45) is 0.910. The summed E-state index contributed by atoms with van der Waals surface area (Å²) in [4.78, 5) is 8.68. The van der Waals surface area contributed by atoms with Gasteiger partial charge in [0.2, 0.25) is 5.95 Å². The molecule has 0 aliphatic rings. The van der Waals surface area contributed by atoms with Gasteiger partial charge in [-0.1, -0.05) is 36.4 Å². The summed E-state index contributed by atoms with van der Waals surface area (Å²) in [5.74, 6) is 1.78. The predicted molar refractivity (Wildman–Crippen MR) is 110 cm³/mol. The Labute approximate surface area is 157 Å². The molecule has 136 valence electrons. The van der Waals surface area contributed by atoms with E-state index in [0.29, 0.717) is 5.82 Å². The van der Waals surface area contributed by atoms with E-state index in [1.54, 1.807) is 0 Å². The SMILES string of the molecule is CNc1n[nH]c2cc(-c3cc(NCCc4ccccc4)nc(N)n3)ccc12. The van der Waals surface area contributed by atoms with Crippen LogP contribution in [0.4, 0.5) is 17.6 Å². The molecule has 7 heteroatoms. The zero-order chi connectivity index (χ0) is 18.6. The third-order valence-corrected chi connectivity index (χ3v) is 4.40. The third kappa shape index (κ3) is 3.67. The first-order valence-corrected chi connectivity index (χ1v) is 8.81. The van der Waals surface area contributed by atoms with E-state index in [1.807, 2.05) is 49.5 Å². The number of H-pyrrole nitrogens is 1. The largest absolute Gasteiger partial charge is 0.371 e. The summed E-state index contributed by atoms with van der Waals surface area (Å²) < 4.78 is 0. The average molecular weight is 359 g/mol. The molecule has 4 aromatic rings. The molecule has 0 spiro atoms. The lowest BCUT2D eigenvalue weighted by atomic mass is 10.1. The van der Waals surface area contributed by atoms with Gasteiger partial charge in [0.05, 0.1) is 11.2 Å². The molecule has 2 heterocycles. The molecule has 0 amide bonds. The molecule has 0 atom stereocenters. The molecule has 2 aromatic heterocycles. The van der Waals surface area contributed by atoms with Gasteiger partial charge in [-0.15, -0.1) is 0 Å². The minimum atomic E-state index is 0.246. The van der Waals surface area contributed by atoms with Crippen molar-refractivity contribution in [3.63, 3.8) is 0 Å². The average Bonchev–Trinajstić information content (AvgIpc) is 3.11. The molecule has 4 rings (SSSR count). The molecule has 0 fully saturated rings. The maximum Gasteiger partial charge on any atom is 0.222 e. The topological polar surface area (TPSA) is 105 Å². The molecule has 0 aliphatic heterocycles. The predicted octanol–water partition coefficient (Wildman–Crippen LogP) is 3.30. The fourth-order valence-corrected chi connectivity index (χ4v) is 3.05. The van der Waals surface area contributed by atoms with Gasteiger partial charge in [0.15, 0.2) is 5.82 Å². The van der Waals surface area contributed by atoms with Crippen LogP contribution >= 0.6 is 0 Å². The standard InChI is InChI=1S/C20H21N7/c1-22-19-15-8-7-14(11-17(15)26-27-19)16-12-18(25-20(21)24-16)23-10-9-13-5-3-2-4-6-13/h2-8,11-12H,9-10H2,1H3,(H2,22,26,27)(H3,21,23,24,25). The first-order chi connectivity index (χ1) is 13.2. The van der Waals surface area contributed by atoms with Crippen LogP contribution in [0.3, 0.4) is 0 Å². The number of nitrogens with two attached hydrogens (primary N) is 1. The van der Waals surface area contributed by atoms with E-state index in [0.717, 1.165) is 40.9 Å². The summed E-state index contributed by atoms with van der Waals surface area (Å²) in [5, 5.41) is 14.7. The van der Waals surface area contributed by atoms with Gasteiger partial charge >= 0.3 is 0 Å². The van der Waals surface area contributed by atoms with Gasteiger partial charge in [0.1, 0.15) is 5.82 Å². The lowest BCUT2D eigenvalue weighted by Crippen LogP contribution is -2.08. The number of aromatic nitrogens is 4. The molecule has 0 bridgehead atoms. The van der Waals surface area contributed by atoms with Crippen molar-refractivity contribution in [1.29, 1.82) is 0 Å². The van der Waals surface area contributed by atoms with Crippen LogP contribution in [-0.2, 0) is 6.42 Å². The lowest BCUT2D eigenvalue weighted by molar-refractivity contribution is 1.00. The Hall–Kier alpha value is -3.61. The molecular weight excluding hydrogens is 338 g/mol. The van der Waals surface area contributed by atoms with E-state index in [2.05, 4.69) is 42.9 Å². The van der Waals surface area contributed by atoms with Gasteiger partial charge < -0.3 is 16.4 Å². The van der Waals surface area contributed by atoms with Crippen LogP contribution in [0, 0.1) is 0 Å². The molecular formula is C20H21N7. The molecule has 0 radical (unpaired) electrons. The highest BCUT2D eigenvalue weighted by molar-refractivity contribution is 5.92. The number of hydrogen-bond donors (Lipinski definition) is 4. The second kappa shape index (κ2) is 7.33. The fraction of sp³-hybridized carbons (Fsp3) is 0.150. The molecule has 5 N–H and O–H groups in total. The van der Waals surface area contributed by atoms with Crippen LogP contribution in [0.2, 0.25) is 0 Å². The van der Waals surface area contributed by atoms with Crippen LogP contribution in [0.15, 0.2) is 54.6 Å². The molecule has 2 aromatic carbocycles. The summed E-state index contributed by atoms with van der Waals surface area (Å²) in [5.41, 5.74) is 9.86. The van der Waals surface area contributed by atoms with Crippen molar-refractivity contribution in [2.45, 2.75) is 6.42 Å². The summed E-state index contributed by atoms with van der Waals surface area (Å²) in [6, 6.07) is 18.3. The lowest BCUT2D eigenvalue weighted by Gasteiger charge is -2.09. The van der Waals surface area contributed by atoms with E-state index < -0.39 is 0 Å². The number of hydrogen-bond acceptors (Lipinski definition) is 6. The number of nitrogens with one attached hydrogen (secondary N) is 3. The smallest absolute Gasteiger partial charge is 0.222 e. The number of aromatic amines is 1. The number of nitrogens with zero attached hydrogens (tertiary/aromatic N) is 3. The highest BCUT2D eigenvalue weighted by Crippen LogP contribution is 2.27. The monoisotopic (exact) mass is 359 g/mol. The molecule has 0 unspecified atom stereocenters. The summed E-state index contributed by atoms with van der Waals surface area (Å²) in [6.45, 7) is 0.769. The maximum atomic E-state index is 5.93. The van der Waals surface area contributed by atoms with Gasteiger partial charge in [-0.25, -0.2) is 4.98 Å². The quantitative estimate of drug-likeness (QED) is 0.421. The minimum absolute atomic E-state index is 0.246. The van der Waals surface area contributed by atoms with Gasteiger partial charge in [0, 0.05) is 30.6 Å². The van der Waals surface area contributed by atoms with Crippen LogP contribution in [0.5, 0.6) is 0 Å². The van der Waals surface area contributed by atoms with Crippen LogP contribution in [0.25, 0.3) is 22.2 Å². The van der Waals surface area contributed by atoms with Gasteiger partial charge in [-0.2, -0.15) is 10.1 Å². The first kappa shape index (κ1) is 16.8. The van der Waals surface area contributed by atoms with Crippen molar-refractivity contribution in [2.75, 3.05) is 30.0 Å². The second-order valence-corrected chi connectivity index (χ2v) is 6.24. The number of anilines is 3. The molecule has 0 saturated heterocycles. The Balaban J connectivity index is 1.55. The summed E-state index contributed by atoms with van der Waals surface area (Å²) >= 11 is 0. The Morgan fingerprint density at radius 2 is 1.89 bits per heavy atom. The van der Waals surface area contributed by atoms with E-state index in [4.69, 9.17) is 5.73 Å². The molecule has 0 aliphatic carbocycles. The Morgan fingerprint density at radius 1 is 1.04 bits per heavy atom. The van der Waals surface area contributed by atoms with Crippen molar-refractivity contribution in [2.24, 2.45) is 0 Å². The van der Waals surface area contributed by atoms with Crippen LogP contribution in [-0.4, -0.2) is 33.8 Å². The fourth-order valence-electron chi connectivity index (χ4n) is 3.05. The van der Waals surface area contributed by atoms with Gasteiger partial charge in [0.25, 0.3) is 0 Å². The second-order valence-electron chi connectivity index (χ2n) is 6.24. The van der Waals surface area contributed by atoms with Crippen molar-refractivity contribution in [3.8, 4) is 11.3 Å². The minimum Gasteiger partial charge on any atom is -0.371 e. The third-order valence-electron chi connectivity index (χ3n) is 4.40. The highest BCUT2D eigenvalue weighted by Gasteiger charge is 2.09. The van der Waals surface area contributed by atoms with Crippen molar-refractivity contribution in [1.82, 2.24) is 20.2 Å². The molecule has 0 saturated carbocycles. The van der Waals surface area contributed by atoms with E-state index >= 15 is 0 Å². The maximum absolute atomic E-state index is 5.93. The highest BCUT2D eigenvalue weighted by atomic mass is 15.2. The molecule has 27 heavy (non-hydrogen) atoms. The first-order valence-electron chi connectivity index (χ1n) is 8.81. The molecule has 7 nitrogen and oxygen atoms in total. The zero-order valence-corrected chi connectivity index (χ0v) is 15.0.